The number of rotatable bonds is 10. The monoisotopic (exact) mass is 472 g/mol. The molecule has 0 atom stereocenters. The molecule has 176 valence electrons. The third kappa shape index (κ3) is 6.61. The quantitative estimate of drug-likeness (QED) is 0.285. The Morgan fingerprint density at radius 1 is 0.676 bits per heavy atom. The normalized spacial score (nSPS) is 11.8. The minimum absolute atomic E-state index is 0.0547. The summed E-state index contributed by atoms with van der Waals surface area (Å²) in [6.45, 7) is 3.12. The van der Waals surface area contributed by atoms with Crippen LogP contribution >= 0.6 is 0 Å². The van der Waals surface area contributed by atoms with Gasteiger partial charge in [0.2, 0.25) is 0 Å². The maximum Gasteiger partial charge on any atom is 0.301 e. The first-order valence-electron chi connectivity index (χ1n) is 9.14. The predicted octanol–water partition coefficient (Wildman–Crippen LogP) is 4.15. The Bertz CT molecular complexity index is 1160. The number of non-ortho nitro benzene ring substituents is 2. The molecule has 0 fully saturated rings. The maximum absolute atomic E-state index is 11.1. The van der Waals surface area contributed by atoms with E-state index < -0.39 is 42.4 Å². The molecule has 0 saturated carbocycles. The molecule has 0 aliphatic carbocycles. The van der Waals surface area contributed by atoms with Gasteiger partial charge >= 0.3 is 11.4 Å². The van der Waals surface area contributed by atoms with Crippen LogP contribution in [0, 0.1) is 40.5 Å². The van der Waals surface area contributed by atoms with Crippen molar-refractivity contribution in [1.82, 2.24) is 0 Å². The highest BCUT2D eigenvalue weighted by molar-refractivity contribution is 6.02. The first-order valence-corrected chi connectivity index (χ1v) is 9.14. The standard InChI is InChI=1S/C18H16N8O8/c1-11(19-21-15-7-5-13(23(27)28)9-17(15)25(31)32)3-4-12(2)20-22-16-8-6-14(24(29)30)10-18(16)26(33)34/h3-10,21-22H,1-2H3/b4-3+,19-11-,20-12+. The van der Waals surface area contributed by atoms with Crippen LogP contribution < -0.4 is 10.9 Å². The summed E-state index contributed by atoms with van der Waals surface area (Å²) < 4.78 is 0. The van der Waals surface area contributed by atoms with Crippen molar-refractivity contribution in [2.75, 3.05) is 10.9 Å². The van der Waals surface area contributed by atoms with Crippen molar-refractivity contribution in [2.45, 2.75) is 13.8 Å². The summed E-state index contributed by atoms with van der Waals surface area (Å²) in [5.41, 5.74) is 3.59. The van der Waals surface area contributed by atoms with E-state index in [9.17, 15) is 40.5 Å². The molecular weight excluding hydrogens is 456 g/mol. The van der Waals surface area contributed by atoms with Gasteiger partial charge in [0.1, 0.15) is 11.4 Å². The van der Waals surface area contributed by atoms with Crippen LogP contribution in [0.5, 0.6) is 0 Å². The summed E-state index contributed by atoms with van der Waals surface area (Å²) in [4.78, 5) is 40.8. The van der Waals surface area contributed by atoms with Gasteiger partial charge in [-0.1, -0.05) is 0 Å². The fourth-order valence-electron chi connectivity index (χ4n) is 2.37. The zero-order chi connectivity index (χ0) is 25.4. The lowest BCUT2D eigenvalue weighted by Crippen LogP contribution is -2.01. The van der Waals surface area contributed by atoms with Crippen molar-refractivity contribution in [1.29, 1.82) is 0 Å². The Labute approximate surface area is 189 Å². The third-order valence-electron chi connectivity index (χ3n) is 4.05. The Morgan fingerprint density at radius 3 is 1.32 bits per heavy atom. The van der Waals surface area contributed by atoms with E-state index in [2.05, 4.69) is 21.1 Å². The Hall–Kier alpha value is -5.28. The highest BCUT2D eigenvalue weighted by atomic mass is 16.6. The van der Waals surface area contributed by atoms with Gasteiger partial charge in [-0.2, -0.15) is 10.2 Å². The first-order chi connectivity index (χ1) is 16.0. The molecule has 0 spiro atoms. The molecule has 16 heteroatoms. The van der Waals surface area contributed by atoms with Crippen molar-refractivity contribution in [3.63, 3.8) is 0 Å². The van der Waals surface area contributed by atoms with Gasteiger partial charge in [-0.3, -0.25) is 51.3 Å². The number of nitrogens with one attached hydrogen (secondary N) is 2. The summed E-state index contributed by atoms with van der Waals surface area (Å²) in [6, 6.07) is 6.12. The van der Waals surface area contributed by atoms with Crippen LogP contribution in [0.4, 0.5) is 34.1 Å². The Balaban J connectivity index is 2.12. The van der Waals surface area contributed by atoms with Gasteiger partial charge in [0, 0.05) is 12.1 Å². The van der Waals surface area contributed by atoms with Crippen molar-refractivity contribution < 1.29 is 19.7 Å². The molecule has 2 N–H and O–H groups in total. The number of hydrazone groups is 2. The molecule has 34 heavy (non-hydrogen) atoms. The molecule has 2 aromatic carbocycles. The highest BCUT2D eigenvalue weighted by Gasteiger charge is 2.20. The van der Waals surface area contributed by atoms with Gasteiger partial charge in [0.05, 0.1) is 43.2 Å². The van der Waals surface area contributed by atoms with Gasteiger partial charge in [0.15, 0.2) is 0 Å². The van der Waals surface area contributed by atoms with Crippen LogP contribution in [-0.4, -0.2) is 31.1 Å². The predicted molar refractivity (Wildman–Crippen MR) is 122 cm³/mol. The topological polar surface area (TPSA) is 221 Å². The fourth-order valence-corrected chi connectivity index (χ4v) is 2.37. The number of benzene rings is 2. The van der Waals surface area contributed by atoms with E-state index in [1.54, 1.807) is 13.8 Å². The molecule has 0 heterocycles. The van der Waals surface area contributed by atoms with E-state index >= 15 is 0 Å². The molecule has 2 rings (SSSR count). The van der Waals surface area contributed by atoms with Crippen LogP contribution in [0.2, 0.25) is 0 Å². The number of nitro groups is 4. The number of anilines is 2. The average molecular weight is 472 g/mol. The zero-order valence-electron chi connectivity index (χ0n) is 17.6. The van der Waals surface area contributed by atoms with Crippen LogP contribution in [0.1, 0.15) is 13.8 Å². The summed E-state index contributed by atoms with van der Waals surface area (Å²) in [6.07, 6.45) is 2.96. The van der Waals surface area contributed by atoms with Crippen LogP contribution in [0.3, 0.4) is 0 Å². The van der Waals surface area contributed by atoms with Crippen molar-refractivity contribution in [2.24, 2.45) is 10.2 Å². The maximum atomic E-state index is 11.1. The smallest absolute Gasteiger partial charge is 0.271 e. The van der Waals surface area contributed by atoms with Crippen molar-refractivity contribution in [3.8, 4) is 0 Å². The van der Waals surface area contributed by atoms with Crippen LogP contribution in [-0.2, 0) is 0 Å². The number of nitrogens with zero attached hydrogens (tertiary/aromatic N) is 6. The SMILES string of the molecule is CC(/C=C/C(C)=N/Nc1ccc([N+](=O)[O-])cc1[N+](=O)[O-])=N/Nc1ccc([N+](=O)[O-])cc1[N+](=O)[O-]. The Morgan fingerprint density at radius 2 is 1.03 bits per heavy atom. The lowest BCUT2D eigenvalue weighted by molar-refractivity contribution is -0.393. The summed E-state index contributed by atoms with van der Waals surface area (Å²) >= 11 is 0. The largest absolute Gasteiger partial charge is 0.301 e. The lowest BCUT2D eigenvalue weighted by atomic mass is 10.2. The number of nitro benzene ring substituents is 4. The molecule has 0 aliphatic heterocycles. The molecule has 0 aromatic heterocycles. The van der Waals surface area contributed by atoms with Crippen molar-refractivity contribution >= 4 is 45.5 Å². The van der Waals surface area contributed by atoms with Gasteiger partial charge in [-0.15, -0.1) is 0 Å². The second-order valence-corrected chi connectivity index (χ2v) is 6.49. The minimum atomic E-state index is -0.782. The first kappa shape index (κ1) is 25.0. The molecule has 0 aliphatic rings. The van der Waals surface area contributed by atoms with Crippen molar-refractivity contribution in [3.05, 3.63) is 89.0 Å². The molecule has 2 aromatic rings. The van der Waals surface area contributed by atoms with Gasteiger partial charge in [0.25, 0.3) is 11.4 Å². The van der Waals surface area contributed by atoms with Gasteiger partial charge < -0.3 is 0 Å². The zero-order valence-corrected chi connectivity index (χ0v) is 17.6. The van der Waals surface area contributed by atoms with Crippen LogP contribution in [0.25, 0.3) is 0 Å². The number of hydrogen-bond donors (Lipinski definition) is 2. The second-order valence-electron chi connectivity index (χ2n) is 6.49. The molecule has 0 unspecified atom stereocenters. The number of hydrogen-bond acceptors (Lipinski definition) is 12. The number of allylic oxidation sites excluding steroid dienone is 2. The van der Waals surface area contributed by atoms with E-state index in [1.807, 2.05) is 0 Å². The second kappa shape index (κ2) is 10.8. The highest BCUT2D eigenvalue weighted by Crippen LogP contribution is 2.30. The minimum Gasteiger partial charge on any atom is -0.271 e. The van der Waals surface area contributed by atoms with Gasteiger partial charge in [-0.25, -0.2) is 0 Å². The Kier molecular flexibility index (Phi) is 7.97. The van der Waals surface area contributed by atoms with E-state index in [1.165, 1.54) is 12.2 Å². The third-order valence-corrected chi connectivity index (χ3v) is 4.05. The molecule has 0 radical (unpaired) electrons. The summed E-state index contributed by atoms with van der Waals surface area (Å²) in [7, 11) is 0. The van der Waals surface area contributed by atoms with E-state index in [0.29, 0.717) is 11.4 Å². The molecule has 0 amide bonds. The van der Waals surface area contributed by atoms with E-state index in [0.717, 1.165) is 36.4 Å². The summed E-state index contributed by atoms with van der Waals surface area (Å²) in [5, 5.41) is 51.8. The van der Waals surface area contributed by atoms with E-state index in [-0.39, 0.29) is 11.4 Å². The molecule has 0 saturated heterocycles. The average Bonchev–Trinajstić information content (AvgIpc) is 2.79. The summed E-state index contributed by atoms with van der Waals surface area (Å²) in [5.74, 6) is 0. The van der Waals surface area contributed by atoms with E-state index in [4.69, 9.17) is 0 Å². The molecular formula is C18H16N8O8. The molecule has 0 bridgehead atoms. The van der Waals surface area contributed by atoms with Gasteiger partial charge in [-0.05, 0) is 38.1 Å². The lowest BCUT2D eigenvalue weighted by Gasteiger charge is -2.03. The molecule has 16 nitrogen and oxygen atoms in total. The fraction of sp³-hybridized carbons (Fsp3) is 0.111. The van der Waals surface area contributed by atoms with Crippen LogP contribution in [0.15, 0.2) is 58.8 Å².